The number of carbonyl (C=O) groups is 1. The predicted octanol–water partition coefficient (Wildman–Crippen LogP) is 3.79. The first kappa shape index (κ1) is 16.5. The van der Waals surface area contributed by atoms with Crippen molar-refractivity contribution >= 4 is 27.4 Å². The van der Waals surface area contributed by atoms with E-state index in [2.05, 4.69) is 21.2 Å². The van der Waals surface area contributed by atoms with E-state index in [9.17, 15) is 9.90 Å². The Balaban J connectivity index is 2.06. The van der Waals surface area contributed by atoms with Crippen LogP contribution < -0.4 is 5.32 Å². The van der Waals surface area contributed by atoms with E-state index in [-0.39, 0.29) is 17.8 Å². The van der Waals surface area contributed by atoms with E-state index >= 15 is 0 Å². The van der Waals surface area contributed by atoms with Gasteiger partial charge in [0, 0.05) is 11.6 Å². The third kappa shape index (κ3) is 2.60. The second-order valence-electron chi connectivity index (χ2n) is 6.56. The number of hydrogen-bond acceptors (Lipinski definition) is 3. The molecule has 1 fully saturated rings. The number of nitrogens with one attached hydrogen (secondary N) is 1. The van der Waals surface area contributed by atoms with Crippen molar-refractivity contribution in [2.75, 3.05) is 7.11 Å². The lowest BCUT2D eigenvalue weighted by molar-refractivity contribution is -0.116. The molecule has 1 aromatic rings. The summed E-state index contributed by atoms with van der Waals surface area (Å²) in [7, 11) is 1.71. The SMILES string of the molecule is COC1CCC2(CC1)NC(=O)C(c1c(C)ccc(Br)c1C)=C2O. The third-order valence-electron chi connectivity index (χ3n) is 5.25. The molecule has 2 aliphatic rings. The van der Waals surface area contributed by atoms with Crippen molar-refractivity contribution in [3.8, 4) is 0 Å². The van der Waals surface area contributed by atoms with Crippen LogP contribution in [0, 0.1) is 13.8 Å². The van der Waals surface area contributed by atoms with Gasteiger partial charge in [0.1, 0.15) is 5.76 Å². The molecule has 124 valence electrons. The van der Waals surface area contributed by atoms with Crippen LogP contribution in [0.1, 0.15) is 42.4 Å². The predicted molar refractivity (Wildman–Crippen MR) is 93.3 cm³/mol. The van der Waals surface area contributed by atoms with Gasteiger partial charge in [-0.25, -0.2) is 0 Å². The Bertz CT molecular complexity index is 688. The van der Waals surface area contributed by atoms with Gasteiger partial charge in [0.15, 0.2) is 0 Å². The first-order valence-corrected chi connectivity index (χ1v) is 8.74. The number of methoxy groups -OCH3 is 1. The molecule has 0 radical (unpaired) electrons. The third-order valence-corrected chi connectivity index (χ3v) is 6.11. The highest BCUT2D eigenvalue weighted by Crippen LogP contribution is 2.43. The molecular weight excluding hydrogens is 358 g/mol. The van der Waals surface area contributed by atoms with Crippen molar-refractivity contribution in [1.29, 1.82) is 0 Å². The van der Waals surface area contributed by atoms with E-state index in [0.717, 1.165) is 34.0 Å². The molecule has 2 N–H and O–H groups in total. The minimum Gasteiger partial charge on any atom is -0.509 e. The molecule has 1 saturated carbocycles. The molecule has 0 atom stereocenters. The van der Waals surface area contributed by atoms with Crippen LogP contribution in [0.3, 0.4) is 0 Å². The van der Waals surface area contributed by atoms with Gasteiger partial charge in [0.2, 0.25) is 0 Å². The molecule has 0 aromatic heterocycles. The maximum absolute atomic E-state index is 12.6. The van der Waals surface area contributed by atoms with Gasteiger partial charge in [-0.15, -0.1) is 0 Å². The Hall–Kier alpha value is -1.33. The molecule has 1 aromatic carbocycles. The number of carbonyl (C=O) groups excluding carboxylic acids is 1. The Morgan fingerprint density at radius 3 is 2.57 bits per heavy atom. The second kappa shape index (κ2) is 5.95. The summed E-state index contributed by atoms with van der Waals surface area (Å²) in [5.41, 5.74) is 2.61. The molecule has 0 unspecified atom stereocenters. The van der Waals surface area contributed by atoms with Crippen LogP contribution >= 0.6 is 15.9 Å². The number of ether oxygens (including phenoxy) is 1. The average molecular weight is 380 g/mol. The number of hydrogen-bond donors (Lipinski definition) is 2. The number of aliphatic hydroxyl groups excluding tert-OH is 1. The summed E-state index contributed by atoms with van der Waals surface area (Å²) < 4.78 is 6.34. The standard InChI is InChI=1S/C18H22BrNO3/c1-10-4-5-13(19)11(2)14(10)15-16(21)18(20-17(15)22)8-6-12(23-3)7-9-18/h4-5,12,21H,6-9H2,1-3H3,(H,20,22). The van der Waals surface area contributed by atoms with Crippen LogP contribution in [0.2, 0.25) is 0 Å². The smallest absolute Gasteiger partial charge is 0.256 e. The topological polar surface area (TPSA) is 58.6 Å². The fourth-order valence-electron chi connectivity index (χ4n) is 3.81. The highest BCUT2D eigenvalue weighted by molar-refractivity contribution is 9.10. The van der Waals surface area contributed by atoms with E-state index in [1.807, 2.05) is 26.0 Å². The van der Waals surface area contributed by atoms with Crippen molar-refractivity contribution in [1.82, 2.24) is 5.32 Å². The largest absolute Gasteiger partial charge is 0.509 e. The van der Waals surface area contributed by atoms with Crippen LogP contribution in [-0.2, 0) is 9.53 Å². The van der Waals surface area contributed by atoms with Gasteiger partial charge in [-0.05, 0) is 62.3 Å². The Kier molecular flexibility index (Phi) is 4.27. The number of benzene rings is 1. The fraction of sp³-hybridized carbons (Fsp3) is 0.500. The Labute approximate surface area is 145 Å². The van der Waals surface area contributed by atoms with E-state index in [1.165, 1.54) is 0 Å². The van der Waals surface area contributed by atoms with Gasteiger partial charge < -0.3 is 15.2 Å². The van der Waals surface area contributed by atoms with Crippen LogP contribution in [0.15, 0.2) is 22.4 Å². The summed E-state index contributed by atoms with van der Waals surface area (Å²) in [6.45, 7) is 3.93. The first-order chi connectivity index (χ1) is 10.9. The minimum atomic E-state index is -0.622. The Morgan fingerprint density at radius 1 is 1.30 bits per heavy atom. The highest BCUT2D eigenvalue weighted by atomic mass is 79.9. The molecule has 3 rings (SSSR count). The second-order valence-corrected chi connectivity index (χ2v) is 7.41. The van der Waals surface area contributed by atoms with Gasteiger partial charge in [-0.2, -0.15) is 0 Å². The number of halogens is 1. The van der Waals surface area contributed by atoms with E-state index in [4.69, 9.17) is 4.74 Å². The van der Waals surface area contributed by atoms with Crippen LogP contribution in [-0.4, -0.2) is 29.8 Å². The molecule has 0 saturated heterocycles. The number of rotatable bonds is 2. The number of amides is 1. The summed E-state index contributed by atoms with van der Waals surface area (Å²) in [5, 5.41) is 14.0. The molecule has 1 aliphatic carbocycles. The lowest BCUT2D eigenvalue weighted by Crippen LogP contribution is -2.48. The summed E-state index contributed by atoms with van der Waals surface area (Å²) in [6, 6.07) is 3.94. The van der Waals surface area contributed by atoms with E-state index in [0.29, 0.717) is 18.4 Å². The summed E-state index contributed by atoms with van der Waals surface area (Å²) >= 11 is 3.52. The van der Waals surface area contributed by atoms with Crippen molar-refractivity contribution in [3.05, 3.63) is 39.1 Å². The molecule has 1 spiro atoms. The zero-order valence-corrected chi connectivity index (χ0v) is 15.3. The van der Waals surface area contributed by atoms with Gasteiger partial charge in [-0.3, -0.25) is 4.79 Å². The van der Waals surface area contributed by atoms with Gasteiger partial charge >= 0.3 is 0 Å². The monoisotopic (exact) mass is 379 g/mol. The maximum atomic E-state index is 12.6. The quantitative estimate of drug-likeness (QED) is 0.821. The summed E-state index contributed by atoms with van der Waals surface area (Å²) in [6.07, 6.45) is 3.30. The number of aliphatic hydroxyl groups is 1. The number of aryl methyl sites for hydroxylation is 1. The zero-order chi connectivity index (χ0) is 16.8. The van der Waals surface area contributed by atoms with Crippen molar-refractivity contribution in [2.45, 2.75) is 51.2 Å². The van der Waals surface area contributed by atoms with Gasteiger partial charge in [0.05, 0.1) is 17.2 Å². The highest BCUT2D eigenvalue weighted by Gasteiger charge is 2.48. The van der Waals surface area contributed by atoms with Crippen molar-refractivity contribution in [3.63, 3.8) is 0 Å². The van der Waals surface area contributed by atoms with E-state index < -0.39 is 5.54 Å². The maximum Gasteiger partial charge on any atom is 0.256 e. The van der Waals surface area contributed by atoms with Crippen molar-refractivity contribution in [2.24, 2.45) is 0 Å². The fourth-order valence-corrected chi connectivity index (χ4v) is 4.14. The molecule has 5 heteroatoms. The van der Waals surface area contributed by atoms with E-state index in [1.54, 1.807) is 7.11 Å². The van der Waals surface area contributed by atoms with Crippen molar-refractivity contribution < 1.29 is 14.6 Å². The average Bonchev–Trinajstić information content (AvgIpc) is 2.77. The summed E-state index contributed by atoms with van der Waals surface area (Å²) in [5.74, 6) is 0.0176. The molecule has 1 amide bonds. The van der Waals surface area contributed by atoms with Gasteiger partial charge in [0.25, 0.3) is 5.91 Å². The minimum absolute atomic E-state index is 0.178. The zero-order valence-electron chi connectivity index (χ0n) is 13.7. The molecule has 1 heterocycles. The molecule has 1 aliphatic heterocycles. The lowest BCUT2D eigenvalue weighted by Gasteiger charge is -2.36. The summed E-state index contributed by atoms with van der Waals surface area (Å²) in [4.78, 5) is 12.6. The molecule has 0 bridgehead atoms. The normalized spacial score (nSPS) is 27.7. The molecule has 23 heavy (non-hydrogen) atoms. The van der Waals surface area contributed by atoms with Crippen LogP contribution in [0.25, 0.3) is 5.57 Å². The molecular formula is C18H22BrNO3. The van der Waals surface area contributed by atoms with Gasteiger partial charge in [-0.1, -0.05) is 22.0 Å². The Morgan fingerprint density at radius 2 is 1.96 bits per heavy atom. The van der Waals surface area contributed by atoms with Crippen LogP contribution in [0.4, 0.5) is 0 Å². The lowest BCUT2D eigenvalue weighted by atomic mass is 9.79. The van der Waals surface area contributed by atoms with Crippen LogP contribution in [0.5, 0.6) is 0 Å². The molecule has 4 nitrogen and oxygen atoms in total. The first-order valence-electron chi connectivity index (χ1n) is 7.94.